The second-order valence-electron chi connectivity index (χ2n) is 7.20. The molecule has 1 amide bonds. The first-order valence-corrected chi connectivity index (χ1v) is 8.96. The highest BCUT2D eigenvalue weighted by Crippen LogP contribution is 2.49. The first-order chi connectivity index (χ1) is 14.2. The SMILES string of the molecule is N#Cc1ccc(-n2c(O)c3n(c2=O)C2CC3N(C(=O)C(F)(F)F)C2)c2cccnc12. The molecule has 2 aliphatic rings. The quantitative estimate of drug-likeness (QED) is 0.656. The van der Waals surface area contributed by atoms with Crippen LogP contribution in [0.25, 0.3) is 16.6 Å². The van der Waals surface area contributed by atoms with Crippen molar-refractivity contribution in [3.63, 3.8) is 0 Å². The molecule has 2 atom stereocenters. The van der Waals surface area contributed by atoms with Gasteiger partial charge >= 0.3 is 17.8 Å². The Hall–Kier alpha value is -3.81. The summed E-state index contributed by atoms with van der Waals surface area (Å²) in [6, 6.07) is 6.46. The van der Waals surface area contributed by atoms with Crippen molar-refractivity contribution >= 4 is 16.8 Å². The third-order valence-electron chi connectivity index (χ3n) is 5.67. The van der Waals surface area contributed by atoms with E-state index in [9.17, 15) is 33.1 Å². The van der Waals surface area contributed by atoms with E-state index in [1.165, 1.54) is 22.9 Å². The average Bonchev–Trinajstić information content (AvgIpc) is 3.37. The molecule has 11 heteroatoms. The molecule has 2 unspecified atom stereocenters. The number of imidazole rings is 1. The van der Waals surface area contributed by atoms with Gasteiger partial charge in [-0.05, 0) is 30.7 Å². The van der Waals surface area contributed by atoms with Crippen LogP contribution in [0.15, 0.2) is 35.3 Å². The fraction of sp³-hybridized carbons (Fsp3) is 0.263. The molecule has 0 spiro atoms. The lowest BCUT2D eigenvalue weighted by atomic mass is 10.1. The van der Waals surface area contributed by atoms with Crippen molar-refractivity contribution in [1.29, 1.82) is 5.26 Å². The van der Waals surface area contributed by atoms with Gasteiger partial charge in [-0.2, -0.15) is 18.4 Å². The maximum atomic E-state index is 13.1. The highest BCUT2D eigenvalue weighted by Gasteiger charge is 2.54. The second-order valence-corrected chi connectivity index (χ2v) is 7.20. The Morgan fingerprint density at radius 3 is 2.77 bits per heavy atom. The lowest BCUT2D eigenvalue weighted by Gasteiger charge is -2.28. The number of carbonyl (C=O) groups is 1. The van der Waals surface area contributed by atoms with E-state index in [-0.39, 0.29) is 29.9 Å². The topological polar surface area (TPSA) is 104 Å². The maximum Gasteiger partial charge on any atom is 0.471 e. The minimum Gasteiger partial charge on any atom is -0.493 e. The lowest BCUT2D eigenvalue weighted by Crippen LogP contribution is -2.44. The number of alkyl halides is 3. The number of pyridine rings is 1. The van der Waals surface area contributed by atoms with E-state index < -0.39 is 35.7 Å². The van der Waals surface area contributed by atoms with E-state index in [0.717, 1.165) is 4.57 Å². The summed E-state index contributed by atoms with van der Waals surface area (Å²) in [6.45, 7) is -0.255. The molecule has 8 nitrogen and oxygen atoms in total. The minimum absolute atomic E-state index is 0.0183. The number of likely N-dealkylation sites (tertiary alicyclic amines) is 1. The predicted molar refractivity (Wildman–Crippen MR) is 95.9 cm³/mol. The number of nitrogens with zero attached hydrogens (tertiary/aromatic N) is 5. The molecule has 4 heterocycles. The number of nitriles is 1. The van der Waals surface area contributed by atoms with Gasteiger partial charge in [0.25, 0.3) is 0 Å². The normalized spacial score (nSPS) is 19.9. The maximum absolute atomic E-state index is 13.1. The van der Waals surface area contributed by atoms with E-state index >= 15 is 0 Å². The summed E-state index contributed by atoms with van der Waals surface area (Å²) in [5.74, 6) is -2.52. The fourth-order valence-electron chi connectivity index (χ4n) is 4.49. The number of halogens is 3. The van der Waals surface area contributed by atoms with E-state index in [1.807, 2.05) is 6.07 Å². The first kappa shape index (κ1) is 18.2. The molecule has 1 fully saturated rings. The largest absolute Gasteiger partial charge is 0.493 e. The monoisotopic (exact) mass is 415 g/mol. The van der Waals surface area contributed by atoms with Gasteiger partial charge in [-0.3, -0.25) is 14.3 Å². The molecule has 0 saturated carbocycles. The second kappa shape index (κ2) is 5.85. The lowest BCUT2D eigenvalue weighted by molar-refractivity contribution is -0.187. The van der Waals surface area contributed by atoms with Crippen molar-refractivity contribution in [2.75, 3.05) is 6.54 Å². The van der Waals surface area contributed by atoms with Gasteiger partial charge in [0.15, 0.2) is 0 Å². The van der Waals surface area contributed by atoms with Gasteiger partial charge in [-0.15, -0.1) is 0 Å². The average molecular weight is 415 g/mol. The van der Waals surface area contributed by atoms with Crippen molar-refractivity contribution in [1.82, 2.24) is 19.0 Å². The van der Waals surface area contributed by atoms with Crippen molar-refractivity contribution in [2.45, 2.75) is 24.7 Å². The Balaban J connectivity index is 1.70. The number of amides is 1. The van der Waals surface area contributed by atoms with Gasteiger partial charge in [0.2, 0.25) is 5.88 Å². The summed E-state index contributed by atoms with van der Waals surface area (Å²) in [7, 11) is 0. The molecule has 2 aromatic heterocycles. The molecule has 152 valence electrons. The molecular weight excluding hydrogens is 403 g/mol. The van der Waals surface area contributed by atoms with Crippen LogP contribution in [-0.4, -0.2) is 42.8 Å². The Labute approximate surface area is 166 Å². The third-order valence-corrected chi connectivity index (χ3v) is 5.67. The van der Waals surface area contributed by atoms with E-state index in [0.29, 0.717) is 15.8 Å². The summed E-state index contributed by atoms with van der Waals surface area (Å²) >= 11 is 0. The summed E-state index contributed by atoms with van der Waals surface area (Å²) in [5, 5.41) is 20.5. The van der Waals surface area contributed by atoms with Crippen LogP contribution >= 0.6 is 0 Å². The summed E-state index contributed by atoms with van der Waals surface area (Å²) in [4.78, 5) is 29.7. The molecule has 0 aliphatic carbocycles. The van der Waals surface area contributed by atoms with E-state index in [4.69, 9.17) is 0 Å². The van der Waals surface area contributed by atoms with Gasteiger partial charge in [-0.1, -0.05) is 0 Å². The van der Waals surface area contributed by atoms with Crippen LogP contribution in [0.3, 0.4) is 0 Å². The zero-order valence-corrected chi connectivity index (χ0v) is 15.1. The van der Waals surface area contributed by atoms with Gasteiger partial charge in [0.05, 0.1) is 28.9 Å². The highest BCUT2D eigenvalue weighted by atomic mass is 19.4. The number of hydrogen-bond donors (Lipinski definition) is 1. The Kier molecular flexibility index (Phi) is 3.56. The molecule has 5 rings (SSSR count). The van der Waals surface area contributed by atoms with Crippen LogP contribution in [-0.2, 0) is 4.79 Å². The third kappa shape index (κ3) is 2.24. The molecule has 2 bridgehead atoms. The highest BCUT2D eigenvalue weighted by molar-refractivity contribution is 5.91. The van der Waals surface area contributed by atoms with Crippen molar-refractivity contribution in [3.05, 3.63) is 52.2 Å². The van der Waals surface area contributed by atoms with Crippen molar-refractivity contribution in [3.8, 4) is 17.6 Å². The predicted octanol–water partition coefficient (Wildman–Crippen LogP) is 2.15. The summed E-state index contributed by atoms with van der Waals surface area (Å²) in [6.07, 6.45) is -3.42. The summed E-state index contributed by atoms with van der Waals surface area (Å²) < 4.78 is 41.0. The van der Waals surface area contributed by atoms with Crippen molar-refractivity contribution in [2.24, 2.45) is 0 Å². The Morgan fingerprint density at radius 1 is 1.30 bits per heavy atom. The fourth-order valence-corrected chi connectivity index (χ4v) is 4.49. The van der Waals surface area contributed by atoms with Crippen molar-refractivity contribution < 1.29 is 23.1 Å². The Bertz CT molecular complexity index is 1330. The van der Waals surface area contributed by atoms with Gasteiger partial charge < -0.3 is 10.0 Å². The number of benzene rings is 1. The number of carbonyl (C=O) groups excluding carboxylic acids is 1. The van der Waals surface area contributed by atoms with Gasteiger partial charge in [0, 0.05) is 18.1 Å². The standard InChI is InChI=1S/C19H12F3N5O3/c20-19(21,22)17(29)25-8-10-6-13(25)15-16(28)27(18(30)26(10)15)12-4-3-9(7-23)14-11(12)2-1-5-24-14/h1-5,10,13,28H,6,8H2. The van der Waals surface area contributed by atoms with Gasteiger partial charge in [-0.25, -0.2) is 9.36 Å². The number of aromatic nitrogens is 3. The zero-order chi connectivity index (χ0) is 21.4. The van der Waals surface area contributed by atoms with Crippen LogP contribution in [0.2, 0.25) is 0 Å². The number of fused-ring (bicyclic) bond motifs is 6. The molecule has 0 radical (unpaired) electrons. The first-order valence-electron chi connectivity index (χ1n) is 8.96. The van der Waals surface area contributed by atoms with Crippen LogP contribution in [0.1, 0.15) is 29.8 Å². The van der Waals surface area contributed by atoms with E-state index in [2.05, 4.69) is 4.98 Å². The van der Waals surface area contributed by atoms with Gasteiger partial charge in [0.1, 0.15) is 11.8 Å². The molecule has 1 N–H and O–H groups in total. The van der Waals surface area contributed by atoms with Crippen LogP contribution in [0.4, 0.5) is 13.2 Å². The minimum atomic E-state index is -5.04. The van der Waals surface area contributed by atoms with Crippen LogP contribution in [0, 0.1) is 11.3 Å². The molecule has 3 aromatic rings. The smallest absolute Gasteiger partial charge is 0.471 e. The molecule has 30 heavy (non-hydrogen) atoms. The Morgan fingerprint density at radius 2 is 2.07 bits per heavy atom. The molecule has 1 saturated heterocycles. The van der Waals surface area contributed by atoms with Crippen LogP contribution < -0.4 is 5.69 Å². The molecule has 1 aromatic carbocycles. The van der Waals surface area contributed by atoms with Crippen LogP contribution in [0.5, 0.6) is 5.88 Å². The summed E-state index contributed by atoms with van der Waals surface area (Å²) in [5.41, 5.74) is 0.205. The zero-order valence-electron chi connectivity index (χ0n) is 15.1. The van der Waals surface area contributed by atoms with E-state index in [1.54, 1.807) is 12.1 Å². The molecular formula is C19H12F3N5O3. The number of aromatic hydroxyl groups is 1. The number of hydrogen-bond acceptors (Lipinski definition) is 5. The molecule has 2 aliphatic heterocycles. The number of rotatable bonds is 1.